The molecule has 25 heavy (non-hydrogen) atoms. The van der Waals surface area contributed by atoms with E-state index in [9.17, 15) is 9.59 Å². The molecule has 0 aliphatic heterocycles. The van der Waals surface area contributed by atoms with Crippen molar-refractivity contribution in [1.29, 1.82) is 0 Å². The zero-order chi connectivity index (χ0) is 17.2. The highest BCUT2D eigenvalue weighted by atomic mass is 16.6. The van der Waals surface area contributed by atoms with E-state index >= 15 is 0 Å². The standard InChI is InChI=1S/C19H11NO5/c21-18(25-17-5-3-9-23-17)13-7-6-12-10-14(15-4-1-2-8-20-15)19(22)24-16(12)11-13/h1-11H. The number of esters is 1. The van der Waals surface area contributed by atoms with Crippen molar-refractivity contribution in [3.8, 4) is 17.2 Å². The number of nitrogens with zero attached hydrogens (tertiary/aromatic N) is 1. The first-order valence-electron chi connectivity index (χ1n) is 7.46. The van der Waals surface area contributed by atoms with Crippen molar-refractivity contribution < 1.29 is 18.4 Å². The van der Waals surface area contributed by atoms with Crippen LogP contribution in [0.4, 0.5) is 0 Å². The predicted molar refractivity (Wildman–Crippen MR) is 89.4 cm³/mol. The Balaban J connectivity index is 1.72. The highest BCUT2D eigenvalue weighted by Gasteiger charge is 2.14. The third kappa shape index (κ3) is 2.92. The van der Waals surface area contributed by atoms with Gasteiger partial charge in [0.25, 0.3) is 5.95 Å². The number of furan rings is 1. The number of hydrogen-bond donors (Lipinski definition) is 0. The molecule has 0 radical (unpaired) electrons. The van der Waals surface area contributed by atoms with E-state index in [0.29, 0.717) is 22.2 Å². The summed E-state index contributed by atoms with van der Waals surface area (Å²) in [6.45, 7) is 0. The zero-order valence-electron chi connectivity index (χ0n) is 12.8. The van der Waals surface area contributed by atoms with E-state index in [1.807, 2.05) is 0 Å². The maximum absolute atomic E-state index is 12.2. The van der Waals surface area contributed by atoms with Gasteiger partial charge in [-0.25, -0.2) is 9.59 Å². The van der Waals surface area contributed by atoms with Crippen LogP contribution >= 0.6 is 0 Å². The van der Waals surface area contributed by atoms with Crippen LogP contribution < -0.4 is 10.4 Å². The molecule has 3 aromatic heterocycles. The van der Waals surface area contributed by atoms with E-state index in [-0.39, 0.29) is 11.5 Å². The summed E-state index contributed by atoms with van der Waals surface area (Å²) < 4.78 is 15.4. The molecule has 0 atom stereocenters. The van der Waals surface area contributed by atoms with Crippen LogP contribution in [0.3, 0.4) is 0 Å². The van der Waals surface area contributed by atoms with E-state index in [2.05, 4.69) is 4.98 Å². The van der Waals surface area contributed by atoms with E-state index < -0.39 is 11.6 Å². The van der Waals surface area contributed by atoms with Gasteiger partial charge in [0, 0.05) is 17.6 Å². The van der Waals surface area contributed by atoms with Gasteiger partial charge in [-0.15, -0.1) is 0 Å². The number of carbonyl (C=O) groups is 1. The second-order valence-electron chi connectivity index (χ2n) is 5.24. The number of pyridine rings is 1. The Morgan fingerprint density at radius 3 is 2.72 bits per heavy atom. The SMILES string of the molecule is O=C(Oc1ccco1)c1ccc2cc(-c3ccccn3)c(=O)oc2c1. The highest BCUT2D eigenvalue weighted by Crippen LogP contribution is 2.21. The number of hydrogen-bond acceptors (Lipinski definition) is 6. The van der Waals surface area contributed by atoms with Crippen molar-refractivity contribution in [3.63, 3.8) is 0 Å². The van der Waals surface area contributed by atoms with E-state index in [1.54, 1.807) is 48.7 Å². The maximum Gasteiger partial charge on any atom is 0.346 e. The minimum atomic E-state index is -0.603. The number of carbonyl (C=O) groups excluding carboxylic acids is 1. The summed E-state index contributed by atoms with van der Waals surface area (Å²) in [5.41, 5.74) is 0.900. The molecule has 0 aliphatic carbocycles. The zero-order valence-corrected chi connectivity index (χ0v) is 12.8. The van der Waals surface area contributed by atoms with Gasteiger partial charge in [-0.05, 0) is 36.4 Å². The molecule has 122 valence electrons. The summed E-state index contributed by atoms with van der Waals surface area (Å²) in [4.78, 5) is 28.5. The van der Waals surface area contributed by atoms with Gasteiger partial charge in [0.2, 0.25) is 0 Å². The number of fused-ring (bicyclic) bond motifs is 1. The molecule has 0 N–H and O–H groups in total. The average Bonchev–Trinajstić information content (AvgIpc) is 3.14. The van der Waals surface area contributed by atoms with Gasteiger partial charge in [-0.3, -0.25) is 4.98 Å². The number of benzene rings is 1. The molecule has 6 heteroatoms. The van der Waals surface area contributed by atoms with E-state index in [0.717, 1.165) is 0 Å². The molecule has 0 saturated carbocycles. The average molecular weight is 333 g/mol. The minimum absolute atomic E-state index is 0.0945. The third-order valence-electron chi connectivity index (χ3n) is 3.60. The first kappa shape index (κ1) is 14.9. The first-order chi connectivity index (χ1) is 12.2. The summed E-state index contributed by atoms with van der Waals surface area (Å²) in [7, 11) is 0. The van der Waals surface area contributed by atoms with Crippen molar-refractivity contribution >= 4 is 16.9 Å². The smallest absolute Gasteiger partial charge is 0.346 e. The van der Waals surface area contributed by atoms with Gasteiger partial charge in [0.05, 0.1) is 23.1 Å². The van der Waals surface area contributed by atoms with Crippen LogP contribution in [-0.4, -0.2) is 11.0 Å². The van der Waals surface area contributed by atoms with Crippen molar-refractivity contribution in [2.75, 3.05) is 0 Å². The number of aromatic nitrogens is 1. The lowest BCUT2D eigenvalue weighted by Gasteiger charge is -2.04. The monoisotopic (exact) mass is 333 g/mol. The van der Waals surface area contributed by atoms with Gasteiger partial charge in [-0.2, -0.15) is 0 Å². The molecule has 0 unspecified atom stereocenters. The molecule has 0 saturated heterocycles. The van der Waals surface area contributed by atoms with Crippen molar-refractivity contribution in [2.24, 2.45) is 0 Å². The van der Waals surface area contributed by atoms with Gasteiger partial charge in [0.15, 0.2) is 0 Å². The summed E-state index contributed by atoms with van der Waals surface area (Å²) in [5.74, 6) is -0.509. The van der Waals surface area contributed by atoms with Crippen molar-refractivity contribution in [2.45, 2.75) is 0 Å². The quantitative estimate of drug-likeness (QED) is 0.420. The summed E-state index contributed by atoms with van der Waals surface area (Å²) in [6.07, 6.45) is 3.01. The molecule has 0 aliphatic rings. The summed E-state index contributed by atoms with van der Waals surface area (Å²) in [6, 6.07) is 14.9. The van der Waals surface area contributed by atoms with Gasteiger partial charge < -0.3 is 13.6 Å². The van der Waals surface area contributed by atoms with Crippen molar-refractivity contribution in [1.82, 2.24) is 4.98 Å². The topological polar surface area (TPSA) is 82.5 Å². The van der Waals surface area contributed by atoms with Gasteiger partial charge in [-0.1, -0.05) is 12.1 Å². The fraction of sp³-hybridized carbons (Fsp3) is 0. The maximum atomic E-state index is 12.2. The molecule has 1 aromatic carbocycles. The second kappa shape index (κ2) is 6.09. The Kier molecular flexibility index (Phi) is 3.63. The predicted octanol–water partition coefficient (Wildman–Crippen LogP) is 3.67. The highest BCUT2D eigenvalue weighted by molar-refractivity contribution is 5.95. The van der Waals surface area contributed by atoms with Crippen LogP contribution in [0.15, 0.2) is 80.7 Å². The van der Waals surface area contributed by atoms with Gasteiger partial charge in [0.1, 0.15) is 5.58 Å². The molecule has 0 spiro atoms. The van der Waals surface area contributed by atoms with Crippen LogP contribution in [0, 0.1) is 0 Å². The van der Waals surface area contributed by atoms with Crippen molar-refractivity contribution in [3.05, 3.63) is 83.0 Å². The van der Waals surface area contributed by atoms with E-state index in [4.69, 9.17) is 13.6 Å². The fourth-order valence-corrected chi connectivity index (χ4v) is 2.41. The number of ether oxygens (including phenoxy) is 1. The molecule has 0 fully saturated rings. The normalized spacial score (nSPS) is 10.7. The molecular weight excluding hydrogens is 322 g/mol. The van der Waals surface area contributed by atoms with Crippen LogP contribution in [0.25, 0.3) is 22.2 Å². The second-order valence-corrected chi connectivity index (χ2v) is 5.24. The Labute approximate surface area is 141 Å². The lowest BCUT2D eigenvalue weighted by Crippen LogP contribution is -2.08. The van der Waals surface area contributed by atoms with Crippen LogP contribution in [0.1, 0.15) is 10.4 Å². The molecule has 6 nitrogen and oxygen atoms in total. The molecule has 4 aromatic rings. The lowest BCUT2D eigenvalue weighted by atomic mass is 10.1. The van der Waals surface area contributed by atoms with Crippen LogP contribution in [-0.2, 0) is 0 Å². The molecule has 0 bridgehead atoms. The number of rotatable bonds is 3. The first-order valence-corrected chi connectivity index (χ1v) is 7.46. The summed E-state index contributed by atoms with van der Waals surface area (Å²) >= 11 is 0. The van der Waals surface area contributed by atoms with Crippen LogP contribution in [0.5, 0.6) is 5.95 Å². The minimum Gasteiger partial charge on any atom is -0.434 e. The molecule has 0 amide bonds. The Morgan fingerprint density at radius 1 is 1.04 bits per heavy atom. The van der Waals surface area contributed by atoms with E-state index in [1.165, 1.54) is 18.4 Å². The summed E-state index contributed by atoms with van der Waals surface area (Å²) in [5, 5.41) is 0.676. The molecular formula is C19H11NO5. The molecule has 3 heterocycles. The largest absolute Gasteiger partial charge is 0.434 e. The third-order valence-corrected chi connectivity index (χ3v) is 3.60. The van der Waals surface area contributed by atoms with Gasteiger partial charge >= 0.3 is 11.6 Å². The fourth-order valence-electron chi connectivity index (χ4n) is 2.41. The van der Waals surface area contributed by atoms with Crippen LogP contribution in [0.2, 0.25) is 0 Å². The Morgan fingerprint density at radius 2 is 1.96 bits per heavy atom. The Bertz CT molecular complexity index is 1100. The molecule has 4 rings (SSSR count). The Hall–Kier alpha value is -3.67. The lowest BCUT2D eigenvalue weighted by molar-refractivity contribution is 0.0694.